The second-order valence-corrected chi connectivity index (χ2v) is 4.98. The molecule has 3 rings (SSSR count). The summed E-state index contributed by atoms with van der Waals surface area (Å²) in [4.78, 5) is 12.4. The first-order valence-corrected chi connectivity index (χ1v) is 6.43. The topological polar surface area (TPSA) is 59.8 Å². The monoisotopic (exact) mass is 306 g/mol. The molecule has 5 nitrogen and oxygen atoms in total. The molecule has 0 amide bonds. The summed E-state index contributed by atoms with van der Waals surface area (Å²) in [6.45, 7) is 0.934. The van der Waals surface area contributed by atoms with Crippen molar-refractivity contribution in [2.45, 2.75) is 6.42 Å². The smallest absolute Gasteiger partial charge is 0.213 e. The van der Waals surface area contributed by atoms with Gasteiger partial charge < -0.3 is 5.32 Å². The lowest BCUT2D eigenvalue weighted by Crippen LogP contribution is -2.09. The van der Waals surface area contributed by atoms with Gasteiger partial charge in [0, 0.05) is 24.8 Å². The van der Waals surface area contributed by atoms with Crippen LogP contribution in [0.15, 0.2) is 22.8 Å². The van der Waals surface area contributed by atoms with Gasteiger partial charge in [0.1, 0.15) is 5.69 Å². The molecule has 0 bridgehead atoms. The Morgan fingerprint density at radius 2 is 2.33 bits per heavy atom. The minimum Gasteiger partial charge on any atom is -0.384 e. The van der Waals surface area contributed by atoms with E-state index in [9.17, 15) is 4.79 Å². The van der Waals surface area contributed by atoms with Crippen molar-refractivity contribution in [3.05, 3.63) is 39.6 Å². The number of carbonyl (C=O) groups excluding carboxylic acids is 1. The number of anilines is 1. The molecule has 92 valence electrons. The van der Waals surface area contributed by atoms with Gasteiger partial charge in [-0.15, -0.1) is 5.10 Å². The Morgan fingerprint density at radius 1 is 1.50 bits per heavy atom. The molecule has 0 radical (unpaired) electrons. The molecule has 2 heterocycles. The summed E-state index contributed by atoms with van der Waals surface area (Å²) in [5.41, 5.74) is 3.42. The number of halogens is 1. The zero-order valence-corrected chi connectivity index (χ0v) is 11.4. The maximum absolute atomic E-state index is 12.4. The minimum atomic E-state index is -0.0779. The van der Waals surface area contributed by atoms with E-state index in [2.05, 4.69) is 31.6 Å². The van der Waals surface area contributed by atoms with Crippen molar-refractivity contribution in [2.75, 3.05) is 11.9 Å². The van der Waals surface area contributed by atoms with Crippen molar-refractivity contribution >= 4 is 27.4 Å². The number of aryl methyl sites for hydroxylation is 1. The molecule has 1 aliphatic heterocycles. The summed E-state index contributed by atoms with van der Waals surface area (Å²) in [5.74, 6) is -0.0779. The van der Waals surface area contributed by atoms with E-state index in [-0.39, 0.29) is 5.78 Å². The van der Waals surface area contributed by atoms with Crippen molar-refractivity contribution in [3.8, 4) is 0 Å². The van der Waals surface area contributed by atoms with Gasteiger partial charge in [0.2, 0.25) is 5.78 Å². The van der Waals surface area contributed by atoms with E-state index in [4.69, 9.17) is 0 Å². The fraction of sp³-hybridized carbons (Fsp3) is 0.250. The van der Waals surface area contributed by atoms with Crippen molar-refractivity contribution in [1.82, 2.24) is 15.0 Å². The Morgan fingerprint density at radius 3 is 3.06 bits per heavy atom. The van der Waals surface area contributed by atoms with Crippen LogP contribution in [-0.4, -0.2) is 27.3 Å². The lowest BCUT2D eigenvalue weighted by atomic mass is 10.0. The van der Waals surface area contributed by atoms with Gasteiger partial charge in [0.15, 0.2) is 4.60 Å². The van der Waals surface area contributed by atoms with Crippen LogP contribution in [0.5, 0.6) is 0 Å². The molecule has 6 heteroatoms. The number of fused-ring (bicyclic) bond motifs is 1. The van der Waals surface area contributed by atoms with Gasteiger partial charge >= 0.3 is 0 Å². The van der Waals surface area contributed by atoms with E-state index in [1.54, 1.807) is 7.05 Å². The van der Waals surface area contributed by atoms with E-state index in [0.717, 1.165) is 18.7 Å². The van der Waals surface area contributed by atoms with Crippen LogP contribution in [-0.2, 0) is 13.5 Å². The van der Waals surface area contributed by atoms with Crippen molar-refractivity contribution in [2.24, 2.45) is 7.05 Å². The number of benzene rings is 1. The summed E-state index contributed by atoms with van der Waals surface area (Å²) in [5, 5.41) is 10.9. The van der Waals surface area contributed by atoms with Gasteiger partial charge in [-0.3, -0.25) is 4.79 Å². The standard InChI is InChI=1S/C12H11BrN4O/c1-17-10(12(13)15-16-17)11(18)8-3-2-7-4-5-14-9(7)6-8/h2-3,6,14H,4-5H2,1H3. The van der Waals surface area contributed by atoms with Gasteiger partial charge in [-0.2, -0.15) is 0 Å². The van der Waals surface area contributed by atoms with Crippen LogP contribution in [0.1, 0.15) is 21.6 Å². The van der Waals surface area contributed by atoms with E-state index in [1.165, 1.54) is 10.2 Å². The van der Waals surface area contributed by atoms with Crippen molar-refractivity contribution in [1.29, 1.82) is 0 Å². The molecular weight excluding hydrogens is 296 g/mol. The zero-order valence-electron chi connectivity index (χ0n) is 9.77. The molecule has 0 aliphatic carbocycles. The predicted octanol–water partition coefficient (Wildman–Crippen LogP) is 1.78. The van der Waals surface area contributed by atoms with Crippen LogP contribution in [0.2, 0.25) is 0 Å². The van der Waals surface area contributed by atoms with Crippen LogP contribution in [0.3, 0.4) is 0 Å². The van der Waals surface area contributed by atoms with Crippen LogP contribution in [0, 0.1) is 0 Å². The third-order valence-electron chi connectivity index (χ3n) is 3.08. The lowest BCUT2D eigenvalue weighted by Gasteiger charge is -2.04. The quantitative estimate of drug-likeness (QED) is 0.859. The second kappa shape index (κ2) is 4.20. The molecule has 0 unspecified atom stereocenters. The summed E-state index contributed by atoms with van der Waals surface area (Å²) in [6, 6.07) is 5.75. The van der Waals surface area contributed by atoms with E-state index in [0.29, 0.717) is 15.9 Å². The van der Waals surface area contributed by atoms with Crippen LogP contribution in [0.25, 0.3) is 0 Å². The number of hydrogen-bond acceptors (Lipinski definition) is 4. The van der Waals surface area contributed by atoms with Gasteiger partial charge in [0.25, 0.3) is 0 Å². The highest BCUT2D eigenvalue weighted by Gasteiger charge is 2.20. The average Bonchev–Trinajstić information content (AvgIpc) is 2.94. The maximum atomic E-state index is 12.4. The molecule has 0 spiro atoms. The van der Waals surface area contributed by atoms with Crippen molar-refractivity contribution in [3.63, 3.8) is 0 Å². The highest BCUT2D eigenvalue weighted by molar-refractivity contribution is 9.10. The summed E-state index contributed by atoms with van der Waals surface area (Å²) >= 11 is 3.25. The third-order valence-corrected chi connectivity index (χ3v) is 3.62. The summed E-state index contributed by atoms with van der Waals surface area (Å²) in [7, 11) is 1.70. The van der Waals surface area contributed by atoms with Crippen LogP contribution >= 0.6 is 15.9 Å². The van der Waals surface area contributed by atoms with Crippen LogP contribution < -0.4 is 5.32 Å². The zero-order chi connectivity index (χ0) is 12.7. The molecule has 0 fully saturated rings. The molecule has 1 aliphatic rings. The Balaban J connectivity index is 2.03. The molecule has 1 N–H and O–H groups in total. The number of ketones is 1. The highest BCUT2D eigenvalue weighted by Crippen LogP contribution is 2.25. The Labute approximate surface area is 112 Å². The van der Waals surface area contributed by atoms with E-state index in [1.807, 2.05) is 18.2 Å². The van der Waals surface area contributed by atoms with Gasteiger partial charge in [0.05, 0.1) is 0 Å². The van der Waals surface area contributed by atoms with Crippen LogP contribution in [0.4, 0.5) is 5.69 Å². The number of nitrogens with one attached hydrogen (secondary N) is 1. The van der Waals surface area contributed by atoms with E-state index >= 15 is 0 Å². The second-order valence-electron chi connectivity index (χ2n) is 4.23. The molecule has 0 saturated carbocycles. The summed E-state index contributed by atoms with van der Waals surface area (Å²) < 4.78 is 1.95. The molecule has 0 atom stereocenters. The van der Waals surface area contributed by atoms with E-state index < -0.39 is 0 Å². The largest absolute Gasteiger partial charge is 0.384 e. The molecule has 1 aromatic heterocycles. The fourth-order valence-corrected chi connectivity index (χ4v) is 2.65. The van der Waals surface area contributed by atoms with Gasteiger partial charge in [-0.1, -0.05) is 17.3 Å². The molecule has 2 aromatic rings. The number of carbonyl (C=O) groups is 1. The first kappa shape index (κ1) is 11.4. The molecular formula is C12H11BrN4O. The Bertz CT molecular complexity index is 616. The Kier molecular flexibility index (Phi) is 2.66. The number of hydrogen-bond donors (Lipinski definition) is 1. The first-order chi connectivity index (χ1) is 8.66. The first-order valence-electron chi connectivity index (χ1n) is 5.63. The van der Waals surface area contributed by atoms with Gasteiger partial charge in [-0.25, -0.2) is 4.68 Å². The maximum Gasteiger partial charge on any atom is 0.213 e. The lowest BCUT2D eigenvalue weighted by molar-refractivity contribution is 0.102. The minimum absolute atomic E-state index is 0.0779. The predicted molar refractivity (Wildman–Crippen MR) is 70.8 cm³/mol. The fourth-order valence-electron chi connectivity index (χ4n) is 2.14. The summed E-state index contributed by atoms with van der Waals surface area (Å²) in [6.07, 6.45) is 1.01. The third kappa shape index (κ3) is 1.73. The Hall–Kier alpha value is -1.69. The molecule has 18 heavy (non-hydrogen) atoms. The number of aromatic nitrogens is 3. The van der Waals surface area contributed by atoms with Gasteiger partial charge in [-0.05, 0) is 34.0 Å². The molecule has 0 saturated heterocycles. The molecule has 1 aromatic carbocycles. The normalized spacial score (nSPS) is 13.2. The van der Waals surface area contributed by atoms with Crippen molar-refractivity contribution < 1.29 is 4.79 Å². The number of rotatable bonds is 2. The SMILES string of the molecule is Cn1nnc(Br)c1C(=O)c1ccc2c(c1)NCC2. The highest BCUT2D eigenvalue weighted by atomic mass is 79.9. The average molecular weight is 307 g/mol. The number of nitrogens with zero attached hydrogens (tertiary/aromatic N) is 3.